The summed E-state index contributed by atoms with van der Waals surface area (Å²) in [5, 5.41) is 4.51. The quantitative estimate of drug-likeness (QED) is 0.534. The van der Waals surface area contributed by atoms with E-state index in [1.165, 1.54) is 37.1 Å². The molecule has 2 fully saturated rings. The molecule has 1 unspecified atom stereocenters. The lowest BCUT2D eigenvalue weighted by Gasteiger charge is -2.19. The highest BCUT2D eigenvalue weighted by Gasteiger charge is 2.25. The van der Waals surface area contributed by atoms with E-state index in [9.17, 15) is 4.21 Å². The number of hydrogen-bond acceptors (Lipinski definition) is 5. The molecular formula is C22H27N5OS2. The Bertz CT molecular complexity index is 1000. The number of nitrogens with zero attached hydrogens (tertiary/aromatic N) is 3. The first kappa shape index (κ1) is 19.9. The second kappa shape index (κ2) is 8.99. The summed E-state index contributed by atoms with van der Waals surface area (Å²) >= 11 is 1.77. The standard InChI is InChI=1S/C22H27N5OS2/c28-30(27-12-4-5-13-27)20-14-17(26-22-23-10-11-24-22)8-9-18(20)19-15-25-21(29-19)16-6-2-1-3-7-16/h8-11,14-16H,1-7,12-13H2,(H2,23,24,26). The van der Waals surface area contributed by atoms with Gasteiger partial charge in [-0.05, 0) is 37.8 Å². The van der Waals surface area contributed by atoms with Crippen LogP contribution < -0.4 is 5.32 Å². The molecular weight excluding hydrogens is 414 g/mol. The number of aromatic amines is 1. The molecule has 2 aliphatic rings. The van der Waals surface area contributed by atoms with Gasteiger partial charge in [-0.15, -0.1) is 11.3 Å². The maximum Gasteiger partial charge on any atom is 0.204 e. The van der Waals surface area contributed by atoms with Crippen LogP contribution in [0.3, 0.4) is 0 Å². The Morgan fingerprint density at radius 1 is 1.10 bits per heavy atom. The van der Waals surface area contributed by atoms with Gasteiger partial charge in [-0.3, -0.25) is 0 Å². The number of nitrogens with one attached hydrogen (secondary N) is 2. The van der Waals surface area contributed by atoms with Crippen molar-refractivity contribution < 1.29 is 4.21 Å². The summed E-state index contributed by atoms with van der Waals surface area (Å²) in [5.74, 6) is 1.27. The molecule has 2 N–H and O–H groups in total. The van der Waals surface area contributed by atoms with Crippen molar-refractivity contribution in [2.75, 3.05) is 18.4 Å². The molecule has 5 rings (SSSR count). The van der Waals surface area contributed by atoms with E-state index < -0.39 is 11.0 Å². The summed E-state index contributed by atoms with van der Waals surface area (Å²) < 4.78 is 15.6. The van der Waals surface area contributed by atoms with Crippen molar-refractivity contribution in [3.05, 3.63) is 41.8 Å². The number of benzene rings is 1. The zero-order chi connectivity index (χ0) is 20.3. The van der Waals surface area contributed by atoms with Crippen molar-refractivity contribution in [2.24, 2.45) is 0 Å². The van der Waals surface area contributed by atoms with Crippen molar-refractivity contribution >= 4 is 34.0 Å². The molecule has 1 aromatic carbocycles. The minimum Gasteiger partial charge on any atom is -0.331 e. The number of hydrogen-bond donors (Lipinski definition) is 2. The molecule has 30 heavy (non-hydrogen) atoms. The van der Waals surface area contributed by atoms with Gasteiger partial charge in [0.05, 0.1) is 14.8 Å². The fraction of sp³-hybridized carbons (Fsp3) is 0.455. The highest BCUT2D eigenvalue weighted by atomic mass is 32.2. The molecule has 158 valence electrons. The molecule has 0 bridgehead atoms. The van der Waals surface area contributed by atoms with Crippen LogP contribution in [0, 0.1) is 0 Å². The van der Waals surface area contributed by atoms with Gasteiger partial charge in [0.1, 0.15) is 11.0 Å². The van der Waals surface area contributed by atoms with E-state index in [4.69, 9.17) is 4.98 Å². The van der Waals surface area contributed by atoms with Crippen molar-refractivity contribution in [1.82, 2.24) is 19.3 Å². The molecule has 1 aliphatic heterocycles. The third-order valence-corrected chi connectivity index (χ3v) is 8.71. The van der Waals surface area contributed by atoms with Crippen LogP contribution in [0.2, 0.25) is 0 Å². The molecule has 3 aromatic rings. The Morgan fingerprint density at radius 3 is 2.70 bits per heavy atom. The number of imidazole rings is 1. The van der Waals surface area contributed by atoms with E-state index in [0.29, 0.717) is 11.9 Å². The monoisotopic (exact) mass is 441 g/mol. The fourth-order valence-corrected chi connectivity index (χ4v) is 7.01. The van der Waals surface area contributed by atoms with Gasteiger partial charge in [-0.2, -0.15) is 0 Å². The second-order valence-corrected chi connectivity index (χ2v) is 10.6. The highest BCUT2D eigenvalue weighted by Crippen LogP contribution is 2.40. The van der Waals surface area contributed by atoms with E-state index in [2.05, 4.69) is 25.7 Å². The van der Waals surface area contributed by atoms with Gasteiger partial charge >= 0.3 is 0 Å². The maximum atomic E-state index is 13.5. The average Bonchev–Trinajstić information content (AvgIpc) is 3.56. The number of anilines is 2. The molecule has 3 heterocycles. The zero-order valence-corrected chi connectivity index (χ0v) is 18.6. The molecule has 1 atom stereocenters. The lowest BCUT2D eigenvalue weighted by molar-refractivity contribution is 0.442. The first-order chi connectivity index (χ1) is 14.8. The van der Waals surface area contributed by atoms with Crippen LogP contribution in [0.15, 0.2) is 41.7 Å². The second-order valence-electron chi connectivity index (χ2n) is 8.06. The van der Waals surface area contributed by atoms with Gasteiger partial charge in [0.2, 0.25) is 5.95 Å². The molecule has 0 radical (unpaired) electrons. The van der Waals surface area contributed by atoms with Crippen molar-refractivity contribution in [2.45, 2.75) is 55.8 Å². The smallest absolute Gasteiger partial charge is 0.204 e. The predicted octanol–water partition coefficient (Wildman–Crippen LogP) is 5.44. The van der Waals surface area contributed by atoms with E-state index in [0.717, 1.165) is 47.0 Å². The van der Waals surface area contributed by atoms with Crippen LogP contribution in [0.25, 0.3) is 10.4 Å². The molecule has 8 heteroatoms. The molecule has 0 spiro atoms. The lowest BCUT2D eigenvalue weighted by atomic mass is 9.90. The molecule has 1 saturated heterocycles. The SMILES string of the molecule is O=S(c1cc(Nc2ncc[nH]2)ccc1-c1cnc(C2CCCCC2)s1)N1CCCC1. The fourth-order valence-electron chi connectivity index (χ4n) is 4.36. The predicted molar refractivity (Wildman–Crippen MR) is 122 cm³/mol. The van der Waals surface area contributed by atoms with Gasteiger partial charge in [0.25, 0.3) is 0 Å². The van der Waals surface area contributed by atoms with E-state index >= 15 is 0 Å². The van der Waals surface area contributed by atoms with Crippen LogP contribution >= 0.6 is 11.3 Å². The van der Waals surface area contributed by atoms with Crippen molar-refractivity contribution in [3.63, 3.8) is 0 Å². The van der Waals surface area contributed by atoms with Crippen LogP contribution in [0.4, 0.5) is 11.6 Å². The summed E-state index contributed by atoms with van der Waals surface area (Å²) in [6.07, 6.45) is 14.1. The Balaban J connectivity index is 1.48. The largest absolute Gasteiger partial charge is 0.331 e. The Morgan fingerprint density at radius 2 is 1.93 bits per heavy atom. The first-order valence-electron chi connectivity index (χ1n) is 10.8. The van der Waals surface area contributed by atoms with Gasteiger partial charge in [-0.25, -0.2) is 18.5 Å². The summed E-state index contributed by atoms with van der Waals surface area (Å²) in [6.45, 7) is 1.77. The van der Waals surface area contributed by atoms with Crippen molar-refractivity contribution in [1.29, 1.82) is 0 Å². The highest BCUT2D eigenvalue weighted by molar-refractivity contribution is 7.82. The van der Waals surface area contributed by atoms with E-state index in [-0.39, 0.29) is 0 Å². The van der Waals surface area contributed by atoms with E-state index in [1.807, 2.05) is 18.3 Å². The van der Waals surface area contributed by atoms with Crippen molar-refractivity contribution in [3.8, 4) is 10.4 Å². The number of rotatable bonds is 6. The van der Waals surface area contributed by atoms with Crippen LogP contribution in [0.5, 0.6) is 0 Å². The number of H-pyrrole nitrogens is 1. The van der Waals surface area contributed by atoms with Gasteiger partial charge in [0.15, 0.2) is 0 Å². The summed E-state index contributed by atoms with van der Waals surface area (Å²) in [7, 11) is -1.18. The minimum absolute atomic E-state index is 0.588. The van der Waals surface area contributed by atoms with Gasteiger partial charge < -0.3 is 10.3 Å². The Kier molecular flexibility index (Phi) is 5.97. The third-order valence-electron chi connectivity index (χ3n) is 5.97. The summed E-state index contributed by atoms with van der Waals surface area (Å²) in [5.41, 5.74) is 1.91. The lowest BCUT2D eigenvalue weighted by Crippen LogP contribution is -2.22. The zero-order valence-electron chi connectivity index (χ0n) is 17.0. The maximum absolute atomic E-state index is 13.5. The molecule has 2 aromatic heterocycles. The minimum atomic E-state index is -1.18. The molecule has 1 saturated carbocycles. The molecule has 1 aliphatic carbocycles. The molecule has 0 amide bonds. The Labute approximate surface area is 183 Å². The molecule has 6 nitrogen and oxygen atoms in total. The number of thiazole rings is 1. The van der Waals surface area contributed by atoms with Gasteiger partial charge in [0, 0.05) is 48.8 Å². The topological polar surface area (TPSA) is 73.9 Å². The summed E-state index contributed by atoms with van der Waals surface area (Å²) in [4.78, 5) is 14.0. The van der Waals surface area contributed by atoms with Crippen LogP contribution in [0.1, 0.15) is 55.9 Å². The van der Waals surface area contributed by atoms with Gasteiger partial charge in [-0.1, -0.05) is 25.3 Å². The average molecular weight is 442 g/mol. The van der Waals surface area contributed by atoms with E-state index in [1.54, 1.807) is 23.7 Å². The normalized spacial score (nSPS) is 19.2. The van der Waals surface area contributed by atoms with Crippen LogP contribution in [-0.4, -0.2) is 36.6 Å². The Hall–Kier alpha value is -2.03. The number of aromatic nitrogens is 3. The first-order valence-corrected chi connectivity index (χ1v) is 12.7. The van der Waals surface area contributed by atoms with Crippen LogP contribution in [-0.2, 0) is 11.0 Å². The summed E-state index contributed by atoms with van der Waals surface area (Å²) in [6, 6.07) is 6.11. The third kappa shape index (κ3) is 4.22.